The smallest absolute Gasteiger partial charge is 0.183 e. The average Bonchev–Trinajstić information content (AvgIpc) is 3.64. The summed E-state index contributed by atoms with van der Waals surface area (Å²) in [6, 6.07) is 17.7. The second-order valence-corrected chi connectivity index (χ2v) is 22.2. The summed E-state index contributed by atoms with van der Waals surface area (Å²) in [5.41, 5.74) is 17.0. The van der Waals surface area contributed by atoms with Crippen LogP contribution in [0.25, 0.3) is 22.3 Å². The van der Waals surface area contributed by atoms with Gasteiger partial charge in [-0.3, -0.25) is 0 Å². The van der Waals surface area contributed by atoms with Crippen LogP contribution in [0.5, 0.6) is 0 Å². The largest absolute Gasteiger partial charge is 0.401 e. The van der Waals surface area contributed by atoms with Gasteiger partial charge in [0.15, 0.2) is 5.13 Å². The predicted molar refractivity (Wildman–Crippen MR) is 284 cm³/mol. The van der Waals surface area contributed by atoms with Crippen molar-refractivity contribution in [1.82, 2.24) is 24.9 Å². The average molecular weight is 901 g/mol. The Morgan fingerprint density at radius 3 is 2.50 bits per heavy atom. The molecule has 5 atom stereocenters. The van der Waals surface area contributed by atoms with Crippen LogP contribution in [-0.2, 0) is 6.42 Å². The van der Waals surface area contributed by atoms with Crippen molar-refractivity contribution >= 4 is 54.2 Å². The summed E-state index contributed by atoms with van der Waals surface area (Å²) in [5, 5.41) is 14.5. The van der Waals surface area contributed by atoms with Crippen molar-refractivity contribution in [3.63, 3.8) is 0 Å². The van der Waals surface area contributed by atoms with Crippen LogP contribution in [0.2, 0.25) is 0 Å². The summed E-state index contributed by atoms with van der Waals surface area (Å²) in [6.07, 6.45) is 14.6. The molecule has 0 spiro atoms. The van der Waals surface area contributed by atoms with Gasteiger partial charge in [-0.1, -0.05) is 102 Å². The van der Waals surface area contributed by atoms with Gasteiger partial charge in [-0.15, -0.1) is 20.7 Å². The molecule has 8 nitrogen and oxygen atoms in total. The Morgan fingerprint density at radius 1 is 1.00 bits per heavy atom. The molecule has 4 aromatic rings. The summed E-state index contributed by atoms with van der Waals surface area (Å²) in [4.78, 5) is 13.6. The molecule has 4 heterocycles. The molecule has 0 amide bonds. The van der Waals surface area contributed by atoms with E-state index in [1.54, 1.807) is 11.3 Å². The number of likely N-dealkylation sites (tertiary alicyclic amines) is 1. The maximum atomic E-state index is 6.44. The minimum atomic E-state index is -1.59. The van der Waals surface area contributed by atoms with E-state index >= 15 is 0 Å². The van der Waals surface area contributed by atoms with Crippen LogP contribution >= 0.6 is 20.7 Å². The molecule has 1 saturated carbocycles. The lowest BCUT2D eigenvalue weighted by Crippen LogP contribution is -2.33. The van der Waals surface area contributed by atoms with Crippen LogP contribution in [0, 0.1) is 23.7 Å². The van der Waals surface area contributed by atoms with Gasteiger partial charge in [-0.25, -0.2) is 9.97 Å². The van der Waals surface area contributed by atoms with Crippen molar-refractivity contribution in [1.29, 1.82) is 0 Å². The van der Waals surface area contributed by atoms with Gasteiger partial charge in [0.25, 0.3) is 0 Å². The van der Waals surface area contributed by atoms with E-state index in [9.17, 15) is 0 Å². The highest BCUT2D eigenvalue weighted by Crippen LogP contribution is 2.47. The van der Waals surface area contributed by atoms with Crippen LogP contribution in [0.15, 0.2) is 120 Å². The number of pyridine rings is 1. The molecule has 7 rings (SSSR count). The van der Waals surface area contributed by atoms with Gasteiger partial charge >= 0.3 is 0 Å². The van der Waals surface area contributed by atoms with Crippen molar-refractivity contribution in [3.8, 4) is 11.4 Å². The number of nitrogens with one attached hydrogen (secondary N) is 4. The van der Waals surface area contributed by atoms with E-state index in [1.165, 1.54) is 53.5 Å². The first kappa shape index (κ1) is 48.5. The Balaban J connectivity index is 0.000000249. The Labute approximate surface area is 390 Å². The Bertz CT molecular complexity index is 2420. The Morgan fingerprint density at radius 2 is 1.78 bits per heavy atom. The number of benzene rings is 2. The maximum absolute atomic E-state index is 6.44. The van der Waals surface area contributed by atoms with Crippen molar-refractivity contribution in [2.75, 3.05) is 30.8 Å². The van der Waals surface area contributed by atoms with E-state index in [1.807, 2.05) is 7.05 Å². The maximum Gasteiger partial charge on any atom is 0.183 e. The fraction of sp³-hybridized carbons (Fsp3) is 0.444. The fourth-order valence-corrected chi connectivity index (χ4v) is 11.7. The molecule has 0 bridgehead atoms. The molecule has 2 aromatic carbocycles. The number of thiazole rings is 1. The molecule has 6 N–H and O–H groups in total. The van der Waals surface area contributed by atoms with E-state index in [-0.39, 0.29) is 12.0 Å². The van der Waals surface area contributed by atoms with Gasteiger partial charge < -0.3 is 31.3 Å². The van der Waals surface area contributed by atoms with E-state index in [0.717, 1.165) is 83.6 Å². The van der Waals surface area contributed by atoms with Crippen LogP contribution in [0.3, 0.4) is 0 Å². The SMILES string of the molecule is C=C(NC)C(CC(=C)N1CC(c2cc(-c3csc(NC(C)C)n3)nc3cc(CC)ccc23)CC1C(=C)N)CC(C)C.C=C1NS(=C)(=C)c2ccccc2NCCCCC/C=C\C2CC12. The predicted octanol–water partition coefficient (Wildman–Crippen LogP) is 12.6. The third kappa shape index (κ3) is 12.4. The number of aryl methyl sites for hydroxylation is 1. The van der Waals surface area contributed by atoms with Crippen molar-refractivity contribution in [3.05, 3.63) is 126 Å². The van der Waals surface area contributed by atoms with Gasteiger partial charge in [0.1, 0.15) is 5.69 Å². The van der Waals surface area contributed by atoms with Crippen molar-refractivity contribution in [2.24, 2.45) is 29.4 Å². The molecule has 5 unspecified atom stereocenters. The zero-order valence-corrected chi connectivity index (χ0v) is 41.3. The molecule has 2 fully saturated rings. The molecule has 10 heteroatoms. The molecule has 344 valence electrons. The van der Waals surface area contributed by atoms with Crippen LogP contribution in [0.4, 0.5) is 10.8 Å². The first-order valence-corrected chi connectivity index (χ1v) is 26.3. The molecular formula is C54H76N8S2. The molecule has 2 aromatic heterocycles. The summed E-state index contributed by atoms with van der Waals surface area (Å²) < 4.78 is 3.57. The number of rotatable bonds is 13. The zero-order valence-electron chi connectivity index (χ0n) is 39.6. The summed E-state index contributed by atoms with van der Waals surface area (Å²) in [7, 11) is 0.362. The van der Waals surface area contributed by atoms with Gasteiger partial charge in [0, 0.05) is 88.1 Å². The second-order valence-electron chi connectivity index (χ2n) is 18.9. The number of nitrogens with two attached hydrogens (primary N) is 1. The lowest BCUT2D eigenvalue weighted by atomic mass is 9.90. The van der Waals surface area contributed by atoms with E-state index in [0.29, 0.717) is 35.4 Å². The lowest BCUT2D eigenvalue weighted by Gasteiger charge is -2.32. The van der Waals surface area contributed by atoms with Crippen molar-refractivity contribution < 1.29 is 0 Å². The number of para-hydroxylation sites is 1. The highest BCUT2D eigenvalue weighted by atomic mass is 32.2. The van der Waals surface area contributed by atoms with Gasteiger partial charge in [-0.2, -0.15) is 0 Å². The molecule has 1 saturated heterocycles. The lowest BCUT2D eigenvalue weighted by molar-refractivity contribution is 0.315. The molecular weight excluding hydrogens is 825 g/mol. The van der Waals surface area contributed by atoms with Crippen LogP contribution in [0.1, 0.15) is 103 Å². The number of hydrogen-bond acceptors (Lipinski definition) is 9. The number of allylic oxidation sites excluding steroid dienone is 5. The van der Waals surface area contributed by atoms with Gasteiger partial charge in [-0.05, 0) is 112 Å². The molecule has 64 heavy (non-hydrogen) atoms. The van der Waals surface area contributed by atoms with Crippen LogP contribution < -0.4 is 26.4 Å². The highest BCUT2D eigenvalue weighted by molar-refractivity contribution is 8.26. The Hall–Kier alpha value is -4.93. The minimum Gasteiger partial charge on any atom is -0.401 e. The standard InChI is InChI=1S/C34H48N6S.C20H28N2S/c1-10-25-11-12-28-29(17-31(38-30(28)15-25)32-19-41-34(39-32)37-21(4)5)27-16-33(23(7)35)40(18-27)22(6)14-26(13-20(2)3)24(8)36-9;1-16-18-15-17(18)11-7-5-4-6-10-14-21-19-12-8-9-13-20(19)23(2,3)22-16/h11-12,15,17,19-21,26-27,33,36H,6-8,10,13-14,16,18,35H2,1-5,9H3,(H,37,39);7-9,11-13,17-18,21-22H,1-6,10,14-15H2/b;11-7-. The third-order valence-electron chi connectivity index (χ3n) is 12.8. The Kier molecular flexibility index (Phi) is 16.6. The quantitative estimate of drug-likeness (QED) is 0.0668. The number of fused-ring (bicyclic) bond motifs is 3. The highest BCUT2D eigenvalue weighted by Gasteiger charge is 2.38. The summed E-state index contributed by atoms with van der Waals surface area (Å²) in [5.74, 6) is 11.2. The first-order valence-electron chi connectivity index (χ1n) is 23.4. The van der Waals surface area contributed by atoms with Gasteiger partial charge in [0.05, 0.1) is 17.3 Å². The van der Waals surface area contributed by atoms with Crippen LogP contribution in [-0.4, -0.2) is 58.8 Å². The number of hydrogen-bond donors (Lipinski definition) is 5. The summed E-state index contributed by atoms with van der Waals surface area (Å²) >= 11 is 1.62. The fourth-order valence-electron chi connectivity index (χ4n) is 9.20. The normalized spacial score (nSPS) is 21.8. The third-order valence-corrected chi connectivity index (χ3v) is 15.4. The number of nitrogens with zero attached hydrogens (tertiary/aromatic N) is 3. The molecule has 0 radical (unpaired) electrons. The van der Waals surface area contributed by atoms with E-state index in [4.69, 9.17) is 15.7 Å². The first-order chi connectivity index (χ1) is 30.6. The monoisotopic (exact) mass is 901 g/mol. The van der Waals surface area contributed by atoms with Gasteiger partial charge in [0.2, 0.25) is 0 Å². The second kappa shape index (κ2) is 21.8. The molecule has 2 aliphatic heterocycles. The topological polar surface area (TPSA) is 103 Å². The number of anilines is 2. The minimum absolute atomic E-state index is 0.0396. The molecule has 1 aliphatic carbocycles. The zero-order chi connectivity index (χ0) is 46.1. The van der Waals surface area contributed by atoms with E-state index < -0.39 is 9.39 Å². The van der Waals surface area contributed by atoms with E-state index in [2.05, 4.69) is 164 Å². The summed E-state index contributed by atoms with van der Waals surface area (Å²) in [6.45, 7) is 30.1. The molecule has 3 aliphatic rings. The van der Waals surface area contributed by atoms with Crippen molar-refractivity contribution in [2.45, 2.75) is 115 Å². The number of aromatic nitrogens is 2.